The Labute approximate surface area is 165 Å². The number of carbonyl (C=O) groups is 2. The number of hydrogen-bond acceptors (Lipinski definition) is 2. The molecule has 28 heavy (non-hydrogen) atoms. The molecule has 4 heteroatoms. The average molecular weight is 372 g/mol. The molecule has 3 aromatic rings. The van der Waals surface area contributed by atoms with Crippen molar-refractivity contribution in [3.05, 3.63) is 77.9 Å². The third-order valence-electron chi connectivity index (χ3n) is 5.25. The molecule has 0 radical (unpaired) electrons. The van der Waals surface area contributed by atoms with Crippen LogP contribution in [0.4, 0.5) is 5.69 Å². The highest BCUT2D eigenvalue weighted by atomic mass is 16.2. The Morgan fingerprint density at radius 3 is 2.36 bits per heavy atom. The number of carbonyl (C=O) groups excluding carboxylic acids is 2. The molecule has 4 rings (SSSR count). The number of rotatable bonds is 4. The molecule has 1 fully saturated rings. The highest BCUT2D eigenvalue weighted by Gasteiger charge is 2.21. The lowest BCUT2D eigenvalue weighted by molar-refractivity contribution is -0.115. The fourth-order valence-electron chi connectivity index (χ4n) is 3.77. The van der Waals surface area contributed by atoms with Crippen LogP contribution in [-0.4, -0.2) is 29.8 Å². The molecule has 2 amide bonds. The molecule has 0 atom stereocenters. The Balaban J connectivity index is 1.48. The minimum absolute atomic E-state index is 0.00121. The summed E-state index contributed by atoms with van der Waals surface area (Å²) in [6.07, 6.45) is 3.54. The Hall–Kier alpha value is -3.14. The first-order chi connectivity index (χ1) is 13.7. The summed E-state index contributed by atoms with van der Waals surface area (Å²) in [6.45, 7) is 1.58. The van der Waals surface area contributed by atoms with E-state index >= 15 is 0 Å². The molecule has 3 aromatic carbocycles. The van der Waals surface area contributed by atoms with E-state index in [2.05, 4.69) is 11.4 Å². The zero-order valence-corrected chi connectivity index (χ0v) is 15.9. The Kier molecular flexibility index (Phi) is 5.38. The molecule has 1 aliphatic rings. The van der Waals surface area contributed by atoms with Gasteiger partial charge in [0.05, 0.1) is 17.7 Å². The SMILES string of the molecule is O=C(Cc1ccc2ccccc2c1)Nc1ccccc1C(=O)N1CCCCC1. The molecule has 0 spiro atoms. The molecular formula is C24H24N2O2. The van der Waals surface area contributed by atoms with E-state index in [0.717, 1.165) is 42.3 Å². The first kappa shape index (κ1) is 18.2. The first-order valence-electron chi connectivity index (χ1n) is 9.86. The molecule has 0 saturated carbocycles. The van der Waals surface area contributed by atoms with Gasteiger partial charge in [0.25, 0.3) is 5.91 Å². The van der Waals surface area contributed by atoms with Crippen molar-refractivity contribution in [2.24, 2.45) is 0 Å². The zero-order chi connectivity index (χ0) is 19.3. The van der Waals surface area contributed by atoms with Crippen LogP contribution in [0.3, 0.4) is 0 Å². The fourth-order valence-corrected chi connectivity index (χ4v) is 3.77. The van der Waals surface area contributed by atoms with Gasteiger partial charge < -0.3 is 10.2 Å². The van der Waals surface area contributed by atoms with Crippen LogP contribution in [0.25, 0.3) is 10.8 Å². The molecule has 1 N–H and O–H groups in total. The summed E-state index contributed by atoms with van der Waals surface area (Å²) < 4.78 is 0. The second kappa shape index (κ2) is 8.26. The summed E-state index contributed by atoms with van der Waals surface area (Å²) in [5.74, 6) is -0.115. The van der Waals surface area contributed by atoms with Crippen molar-refractivity contribution < 1.29 is 9.59 Å². The second-order valence-electron chi connectivity index (χ2n) is 7.30. The quantitative estimate of drug-likeness (QED) is 0.725. The van der Waals surface area contributed by atoms with Gasteiger partial charge in [-0.05, 0) is 47.7 Å². The molecular weight excluding hydrogens is 348 g/mol. The topological polar surface area (TPSA) is 49.4 Å². The van der Waals surface area contributed by atoms with Crippen LogP contribution in [0.2, 0.25) is 0 Å². The second-order valence-corrected chi connectivity index (χ2v) is 7.30. The van der Waals surface area contributed by atoms with E-state index in [9.17, 15) is 9.59 Å². The maximum absolute atomic E-state index is 12.9. The van der Waals surface area contributed by atoms with E-state index in [1.165, 1.54) is 6.42 Å². The van der Waals surface area contributed by atoms with Crippen molar-refractivity contribution in [3.8, 4) is 0 Å². The lowest BCUT2D eigenvalue weighted by Crippen LogP contribution is -2.36. The number of nitrogens with one attached hydrogen (secondary N) is 1. The highest BCUT2D eigenvalue weighted by Crippen LogP contribution is 2.21. The van der Waals surface area contributed by atoms with Gasteiger partial charge in [-0.3, -0.25) is 9.59 Å². The molecule has 1 saturated heterocycles. The van der Waals surface area contributed by atoms with Gasteiger partial charge in [0.15, 0.2) is 0 Å². The van der Waals surface area contributed by atoms with Crippen molar-refractivity contribution >= 4 is 28.3 Å². The minimum Gasteiger partial charge on any atom is -0.339 e. The smallest absolute Gasteiger partial charge is 0.255 e. The number of para-hydroxylation sites is 1. The molecule has 0 aromatic heterocycles. The average Bonchev–Trinajstić information content (AvgIpc) is 2.74. The van der Waals surface area contributed by atoms with Gasteiger partial charge >= 0.3 is 0 Å². The Morgan fingerprint density at radius 2 is 1.54 bits per heavy atom. The largest absolute Gasteiger partial charge is 0.339 e. The van der Waals surface area contributed by atoms with Gasteiger partial charge in [0.1, 0.15) is 0 Å². The van der Waals surface area contributed by atoms with Gasteiger partial charge in [0, 0.05) is 13.1 Å². The van der Waals surface area contributed by atoms with E-state index in [4.69, 9.17) is 0 Å². The molecule has 1 aliphatic heterocycles. The van der Waals surface area contributed by atoms with Gasteiger partial charge in [-0.25, -0.2) is 0 Å². The number of piperidine rings is 1. The van der Waals surface area contributed by atoms with Gasteiger partial charge in [-0.1, -0.05) is 54.6 Å². The number of likely N-dealkylation sites (tertiary alicyclic amines) is 1. The van der Waals surface area contributed by atoms with Crippen LogP contribution in [-0.2, 0) is 11.2 Å². The van der Waals surface area contributed by atoms with Crippen molar-refractivity contribution in [2.75, 3.05) is 18.4 Å². The van der Waals surface area contributed by atoms with Crippen LogP contribution in [0.1, 0.15) is 35.2 Å². The summed E-state index contributed by atoms with van der Waals surface area (Å²) in [5, 5.41) is 5.22. The lowest BCUT2D eigenvalue weighted by Gasteiger charge is -2.27. The number of nitrogens with zero attached hydrogens (tertiary/aromatic N) is 1. The molecule has 142 valence electrons. The van der Waals surface area contributed by atoms with Crippen LogP contribution in [0.5, 0.6) is 0 Å². The van der Waals surface area contributed by atoms with Crippen LogP contribution < -0.4 is 5.32 Å². The molecule has 0 unspecified atom stereocenters. The Morgan fingerprint density at radius 1 is 0.821 bits per heavy atom. The number of fused-ring (bicyclic) bond motifs is 1. The van der Waals surface area contributed by atoms with E-state index in [-0.39, 0.29) is 18.2 Å². The standard InChI is InChI=1S/C24H24N2O2/c27-23(17-18-12-13-19-8-2-3-9-20(19)16-18)25-22-11-5-4-10-21(22)24(28)26-14-6-1-7-15-26/h2-5,8-13,16H,1,6-7,14-15,17H2,(H,25,27). The maximum atomic E-state index is 12.9. The van der Waals surface area contributed by atoms with Crippen LogP contribution >= 0.6 is 0 Å². The first-order valence-corrected chi connectivity index (χ1v) is 9.86. The minimum atomic E-state index is -0.117. The third-order valence-corrected chi connectivity index (χ3v) is 5.25. The van der Waals surface area contributed by atoms with Crippen molar-refractivity contribution in [1.82, 2.24) is 4.90 Å². The number of amides is 2. The number of hydrogen-bond donors (Lipinski definition) is 1. The third kappa shape index (κ3) is 4.06. The molecule has 0 aliphatic carbocycles. The van der Waals surface area contributed by atoms with Crippen molar-refractivity contribution in [3.63, 3.8) is 0 Å². The molecule has 1 heterocycles. The van der Waals surface area contributed by atoms with Crippen LogP contribution in [0.15, 0.2) is 66.7 Å². The summed E-state index contributed by atoms with van der Waals surface area (Å²) in [7, 11) is 0. The van der Waals surface area contributed by atoms with Crippen molar-refractivity contribution in [1.29, 1.82) is 0 Å². The summed E-state index contributed by atoms with van der Waals surface area (Å²) in [5.41, 5.74) is 2.11. The number of anilines is 1. The highest BCUT2D eigenvalue weighted by molar-refractivity contribution is 6.04. The van der Waals surface area contributed by atoms with Gasteiger partial charge in [0.2, 0.25) is 5.91 Å². The van der Waals surface area contributed by atoms with Crippen LogP contribution in [0, 0.1) is 0 Å². The molecule has 0 bridgehead atoms. The maximum Gasteiger partial charge on any atom is 0.255 e. The van der Waals surface area contributed by atoms with Gasteiger partial charge in [-0.15, -0.1) is 0 Å². The Bertz CT molecular complexity index is 1010. The summed E-state index contributed by atoms with van der Waals surface area (Å²) >= 11 is 0. The summed E-state index contributed by atoms with van der Waals surface area (Å²) in [6, 6.07) is 21.4. The summed E-state index contributed by atoms with van der Waals surface area (Å²) in [4.78, 5) is 27.4. The number of benzene rings is 3. The predicted molar refractivity (Wildman–Crippen MR) is 112 cm³/mol. The van der Waals surface area contributed by atoms with E-state index in [0.29, 0.717) is 11.3 Å². The van der Waals surface area contributed by atoms with E-state index in [1.54, 1.807) is 12.1 Å². The molecule has 4 nitrogen and oxygen atoms in total. The van der Waals surface area contributed by atoms with Crippen molar-refractivity contribution in [2.45, 2.75) is 25.7 Å². The fraction of sp³-hybridized carbons (Fsp3) is 0.250. The van der Waals surface area contributed by atoms with E-state index < -0.39 is 0 Å². The predicted octanol–water partition coefficient (Wildman–Crippen LogP) is 4.65. The lowest BCUT2D eigenvalue weighted by atomic mass is 10.0. The monoisotopic (exact) mass is 372 g/mol. The normalized spacial score (nSPS) is 14.1. The van der Waals surface area contributed by atoms with Gasteiger partial charge in [-0.2, -0.15) is 0 Å². The van der Waals surface area contributed by atoms with E-state index in [1.807, 2.05) is 53.4 Å². The zero-order valence-electron chi connectivity index (χ0n) is 15.9.